The minimum absolute atomic E-state index is 0.131. The summed E-state index contributed by atoms with van der Waals surface area (Å²) in [5.74, 6) is -0.359. The summed E-state index contributed by atoms with van der Waals surface area (Å²) in [7, 11) is 3.71. The zero-order valence-electron chi connectivity index (χ0n) is 11.2. The Morgan fingerprint density at radius 2 is 2.21 bits per heavy atom. The molecule has 2 aromatic rings. The lowest BCUT2D eigenvalue weighted by atomic mass is 10.0. The van der Waals surface area contributed by atoms with E-state index in [1.54, 1.807) is 18.2 Å². The summed E-state index contributed by atoms with van der Waals surface area (Å²) in [5, 5.41) is 7.58. The number of nitrogens with zero attached hydrogens (tertiary/aromatic N) is 2. The van der Waals surface area contributed by atoms with E-state index in [9.17, 15) is 4.39 Å². The van der Waals surface area contributed by atoms with Crippen molar-refractivity contribution in [2.45, 2.75) is 19.4 Å². The van der Waals surface area contributed by atoms with Crippen LogP contribution in [0, 0.1) is 12.7 Å². The van der Waals surface area contributed by atoms with Gasteiger partial charge in [-0.15, -0.1) is 0 Å². The highest BCUT2D eigenvalue weighted by Gasteiger charge is 2.18. The molecular formula is C14H17ClFN3. The quantitative estimate of drug-likeness (QED) is 0.934. The lowest BCUT2D eigenvalue weighted by Gasteiger charge is -2.17. The molecule has 0 aliphatic heterocycles. The zero-order chi connectivity index (χ0) is 14.0. The third-order valence-electron chi connectivity index (χ3n) is 3.22. The molecule has 0 aliphatic rings. The van der Waals surface area contributed by atoms with E-state index in [0.29, 0.717) is 12.0 Å². The molecule has 1 heterocycles. The predicted octanol–water partition coefficient (Wildman–Crippen LogP) is 3.02. The first-order valence-electron chi connectivity index (χ1n) is 6.13. The van der Waals surface area contributed by atoms with Crippen LogP contribution in [0.4, 0.5) is 4.39 Å². The van der Waals surface area contributed by atoms with Gasteiger partial charge in [0.1, 0.15) is 5.82 Å². The van der Waals surface area contributed by atoms with Gasteiger partial charge in [-0.2, -0.15) is 5.10 Å². The largest absolute Gasteiger partial charge is 0.313 e. The Hall–Kier alpha value is -1.39. The average molecular weight is 282 g/mol. The van der Waals surface area contributed by atoms with E-state index in [0.717, 1.165) is 11.4 Å². The van der Waals surface area contributed by atoms with Crippen molar-refractivity contribution in [1.29, 1.82) is 0 Å². The van der Waals surface area contributed by atoms with Crippen LogP contribution in [-0.4, -0.2) is 16.8 Å². The number of hydrogen-bond acceptors (Lipinski definition) is 2. The van der Waals surface area contributed by atoms with Crippen LogP contribution < -0.4 is 5.32 Å². The SMILES string of the molecule is CNC(Cc1cc(C)nn1C)c1cccc(Cl)c1F. The van der Waals surface area contributed by atoms with Crippen molar-refractivity contribution in [2.24, 2.45) is 7.05 Å². The predicted molar refractivity (Wildman–Crippen MR) is 74.9 cm³/mol. The van der Waals surface area contributed by atoms with Crippen LogP contribution in [0.15, 0.2) is 24.3 Å². The van der Waals surface area contributed by atoms with E-state index in [-0.39, 0.29) is 16.9 Å². The molecule has 0 fully saturated rings. The smallest absolute Gasteiger partial charge is 0.146 e. The summed E-state index contributed by atoms with van der Waals surface area (Å²) in [5.41, 5.74) is 2.59. The van der Waals surface area contributed by atoms with Crippen molar-refractivity contribution in [3.8, 4) is 0 Å². The van der Waals surface area contributed by atoms with E-state index in [1.807, 2.05) is 31.8 Å². The molecule has 1 N–H and O–H groups in total. The second-order valence-electron chi connectivity index (χ2n) is 4.59. The van der Waals surface area contributed by atoms with Crippen molar-refractivity contribution < 1.29 is 4.39 Å². The number of likely N-dealkylation sites (N-methyl/N-ethyl adjacent to an activating group) is 1. The van der Waals surface area contributed by atoms with Crippen molar-refractivity contribution in [3.05, 3.63) is 52.1 Å². The van der Waals surface area contributed by atoms with Gasteiger partial charge in [0, 0.05) is 30.8 Å². The first-order valence-corrected chi connectivity index (χ1v) is 6.51. The summed E-state index contributed by atoms with van der Waals surface area (Å²) in [6.07, 6.45) is 0.658. The van der Waals surface area contributed by atoms with E-state index in [1.165, 1.54) is 0 Å². The number of nitrogens with one attached hydrogen (secondary N) is 1. The van der Waals surface area contributed by atoms with Crippen LogP contribution in [0.2, 0.25) is 5.02 Å². The first kappa shape index (κ1) is 14.0. The fourth-order valence-electron chi connectivity index (χ4n) is 2.22. The summed E-state index contributed by atoms with van der Waals surface area (Å²) in [6.45, 7) is 1.94. The van der Waals surface area contributed by atoms with Gasteiger partial charge in [-0.25, -0.2) is 4.39 Å². The van der Waals surface area contributed by atoms with Gasteiger partial charge in [0.2, 0.25) is 0 Å². The maximum absolute atomic E-state index is 14.1. The average Bonchev–Trinajstić information content (AvgIpc) is 2.68. The van der Waals surface area contributed by atoms with E-state index >= 15 is 0 Å². The first-order chi connectivity index (χ1) is 9.02. The molecule has 2 rings (SSSR count). The molecule has 19 heavy (non-hydrogen) atoms. The van der Waals surface area contributed by atoms with Crippen molar-refractivity contribution in [2.75, 3.05) is 7.05 Å². The van der Waals surface area contributed by atoms with E-state index in [2.05, 4.69) is 10.4 Å². The van der Waals surface area contributed by atoms with Crippen LogP contribution in [0.1, 0.15) is 23.0 Å². The third kappa shape index (κ3) is 2.96. The summed E-state index contributed by atoms with van der Waals surface area (Å²) >= 11 is 5.83. The van der Waals surface area contributed by atoms with Gasteiger partial charge in [0.05, 0.1) is 10.7 Å². The Balaban J connectivity index is 2.30. The number of rotatable bonds is 4. The molecule has 1 unspecified atom stereocenters. The van der Waals surface area contributed by atoms with Gasteiger partial charge in [-0.1, -0.05) is 23.7 Å². The van der Waals surface area contributed by atoms with Gasteiger partial charge in [-0.3, -0.25) is 4.68 Å². The fourth-order valence-corrected chi connectivity index (χ4v) is 2.40. The van der Waals surface area contributed by atoms with Gasteiger partial charge in [-0.05, 0) is 26.1 Å². The molecule has 1 aromatic carbocycles. The molecule has 0 spiro atoms. The minimum Gasteiger partial charge on any atom is -0.313 e. The molecule has 0 bridgehead atoms. The number of hydrogen-bond donors (Lipinski definition) is 1. The Morgan fingerprint density at radius 1 is 1.47 bits per heavy atom. The Labute approximate surface area is 117 Å². The molecule has 1 atom stereocenters. The summed E-state index contributed by atoms with van der Waals surface area (Å²) in [4.78, 5) is 0. The third-order valence-corrected chi connectivity index (χ3v) is 3.51. The van der Waals surface area contributed by atoms with E-state index < -0.39 is 0 Å². The van der Waals surface area contributed by atoms with Crippen LogP contribution in [0.25, 0.3) is 0 Å². The Kier molecular flexibility index (Phi) is 4.22. The summed E-state index contributed by atoms with van der Waals surface area (Å²) < 4.78 is 15.9. The topological polar surface area (TPSA) is 29.9 Å². The normalized spacial score (nSPS) is 12.7. The highest BCUT2D eigenvalue weighted by Crippen LogP contribution is 2.25. The second kappa shape index (κ2) is 5.72. The molecule has 0 radical (unpaired) electrons. The lowest BCUT2D eigenvalue weighted by molar-refractivity contribution is 0.520. The standard InChI is InChI=1S/C14H17ClFN3/c1-9-7-10(19(3)18-9)8-13(17-2)11-5-4-6-12(15)14(11)16/h4-7,13,17H,8H2,1-3H3. The molecule has 1 aromatic heterocycles. The number of halogens is 2. The minimum atomic E-state index is -0.359. The molecular weight excluding hydrogens is 265 g/mol. The van der Waals surface area contributed by atoms with Crippen molar-refractivity contribution in [3.63, 3.8) is 0 Å². The van der Waals surface area contributed by atoms with Crippen molar-refractivity contribution in [1.82, 2.24) is 15.1 Å². The van der Waals surface area contributed by atoms with Gasteiger partial charge in [0.25, 0.3) is 0 Å². The van der Waals surface area contributed by atoms with Crippen LogP contribution in [0.3, 0.4) is 0 Å². The number of benzene rings is 1. The molecule has 0 aliphatic carbocycles. The number of aromatic nitrogens is 2. The highest BCUT2D eigenvalue weighted by molar-refractivity contribution is 6.30. The molecule has 3 nitrogen and oxygen atoms in total. The second-order valence-corrected chi connectivity index (χ2v) is 5.00. The van der Waals surface area contributed by atoms with Crippen LogP contribution in [0.5, 0.6) is 0 Å². The van der Waals surface area contributed by atoms with Crippen LogP contribution in [-0.2, 0) is 13.5 Å². The summed E-state index contributed by atoms with van der Waals surface area (Å²) in [6, 6.07) is 6.95. The Morgan fingerprint density at radius 3 is 2.79 bits per heavy atom. The molecule has 0 amide bonds. The van der Waals surface area contributed by atoms with E-state index in [4.69, 9.17) is 11.6 Å². The maximum atomic E-state index is 14.1. The fraction of sp³-hybridized carbons (Fsp3) is 0.357. The van der Waals surface area contributed by atoms with Crippen LogP contribution >= 0.6 is 11.6 Å². The van der Waals surface area contributed by atoms with Gasteiger partial charge in [0.15, 0.2) is 0 Å². The highest BCUT2D eigenvalue weighted by atomic mass is 35.5. The monoisotopic (exact) mass is 281 g/mol. The van der Waals surface area contributed by atoms with Gasteiger partial charge >= 0.3 is 0 Å². The lowest BCUT2D eigenvalue weighted by Crippen LogP contribution is -2.21. The molecule has 0 saturated heterocycles. The maximum Gasteiger partial charge on any atom is 0.146 e. The van der Waals surface area contributed by atoms with Gasteiger partial charge < -0.3 is 5.32 Å². The zero-order valence-corrected chi connectivity index (χ0v) is 12.0. The molecule has 102 valence electrons. The molecule has 5 heteroatoms. The Bertz CT molecular complexity index is 580. The van der Waals surface area contributed by atoms with Crippen molar-refractivity contribution >= 4 is 11.6 Å². The number of aryl methyl sites for hydroxylation is 2. The molecule has 0 saturated carbocycles.